The Kier molecular flexibility index (Phi) is 15.2. The number of unbranched alkanes of at least 4 members (excludes halogenated alkanes) is 11. The first-order chi connectivity index (χ1) is 25.9. The summed E-state index contributed by atoms with van der Waals surface area (Å²) in [6.45, 7) is 7.44. The van der Waals surface area contributed by atoms with Gasteiger partial charge in [0.2, 0.25) is 5.88 Å². The average Bonchev–Trinajstić information content (AvgIpc) is 3.80. The van der Waals surface area contributed by atoms with Crippen LogP contribution in [0.3, 0.4) is 0 Å². The van der Waals surface area contributed by atoms with Gasteiger partial charge < -0.3 is 34.3 Å². The number of pyridine rings is 1. The molecule has 1 unspecified atom stereocenters. The van der Waals surface area contributed by atoms with E-state index in [0.717, 1.165) is 19.3 Å². The zero-order valence-corrected chi connectivity index (χ0v) is 33.0. The highest BCUT2D eigenvalue weighted by molar-refractivity contribution is 7.47. The maximum Gasteiger partial charge on any atom is 0.472 e. The molecule has 3 aromatic rings. The Morgan fingerprint density at radius 3 is 2.37 bits per heavy atom. The van der Waals surface area contributed by atoms with Gasteiger partial charge in [-0.2, -0.15) is 10.4 Å². The van der Waals surface area contributed by atoms with Crippen LogP contribution in [-0.4, -0.2) is 80.6 Å². The van der Waals surface area contributed by atoms with E-state index in [1.807, 2.05) is 6.07 Å². The Labute approximate surface area is 318 Å². The van der Waals surface area contributed by atoms with Crippen molar-refractivity contribution < 1.29 is 42.2 Å². The maximum absolute atomic E-state index is 13.3. The molecule has 2 saturated heterocycles. The van der Waals surface area contributed by atoms with E-state index >= 15 is 0 Å². The summed E-state index contributed by atoms with van der Waals surface area (Å²) in [7, 11) is -4.66. The molecule has 6 atom stereocenters. The van der Waals surface area contributed by atoms with E-state index in [-0.39, 0.29) is 25.7 Å². The summed E-state index contributed by atoms with van der Waals surface area (Å²) in [5.41, 5.74) is 6.46. The van der Waals surface area contributed by atoms with Crippen LogP contribution in [0.25, 0.3) is 5.52 Å². The number of phosphoric acid groups is 1. The fourth-order valence-electron chi connectivity index (χ4n) is 6.95. The van der Waals surface area contributed by atoms with Crippen LogP contribution in [-0.2, 0) is 32.6 Å². The van der Waals surface area contributed by atoms with Crippen molar-refractivity contribution in [2.24, 2.45) is 0 Å². The van der Waals surface area contributed by atoms with Gasteiger partial charge in [-0.1, -0.05) is 77.6 Å². The van der Waals surface area contributed by atoms with Gasteiger partial charge >= 0.3 is 7.82 Å². The largest absolute Gasteiger partial charge is 0.472 e. The monoisotopic (exact) mass is 772 g/mol. The average molecular weight is 773 g/mol. The van der Waals surface area contributed by atoms with Gasteiger partial charge in [0, 0.05) is 18.9 Å². The molecule has 54 heavy (non-hydrogen) atoms. The fraction of sp³-hybridized carbons (Fsp3) is 0.684. The standard InChI is InChI=1S/C38H57N6O9P/c1-5-6-7-8-9-10-11-12-13-14-15-16-21-47-24-29(50-32-22-28(23-39)19-20-41-32)25-48-54(45,46)49-26-38(4)35-34(51-37(2,3)53-35)33(52-38)30-17-18-31-36(40)42-27-43-44(30)31/h17-20,22,27,29,33-35H,5-16,21,24-26H2,1-4H3,(H,45,46)(H2,40,42,43)/t29-,33+,34+,35+,38-/m1/s1. The first-order valence-electron chi connectivity index (χ1n) is 19.3. The second kappa shape index (κ2) is 19.6. The molecule has 0 saturated carbocycles. The molecule has 0 aromatic carbocycles. The molecule has 0 amide bonds. The lowest BCUT2D eigenvalue weighted by molar-refractivity contribution is -0.212. The quantitative estimate of drug-likeness (QED) is 0.0684. The highest BCUT2D eigenvalue weighted by Gasteiger charge is 2.62. The van der Waals surface area contributed by atoms with Gasteiger partial charge in [-0.15, -0.1) is 0 Å². The Hall–Kier alpha value is -3.19. The van der Waals surface area contributed by atoms with Gasteiger partial charge in [-0.05, 0) is 45.4 Å². The zero-order chi connectivity index (χ0) is 38.6. The minimum Gasteiger partial charge on any atom is -0.469 e. The lowest BCUT2D eigenvalue weighted by atomic mass is 9.97. The summed E-state index contributed by atoms with van der Waals surface area (Å²) >= 11 is 0. The first kappa shape index (κ1) is 42.0. The van der Waals surface area contributed by atoms with E-state index < -0.39 is 43.6 Å². The zero-order valence-electron chi connectivity index (χ0n) is 32.1. The van der Waals surface area contributed by atoms with Gasteiger partial charge in [-0.3, -0.25) is 9.05 Å². The number of nitrogens with zero attached hydrogens (tertiary/aromatic N) is 5. The van der Waals surface area contributed by atoms with E-state index in [9.17, 15) is 14.7 Å². The summed E-state index contributed by atoms with van der Waals surface area (Å²) in [5, 5.41) is 13.7. The molecule has 0 spiro atoms. The molecule has 0 bridgehead atoms. The summed E-state index contributed by atoms with van der Waals surface area (Å²) in [6, 6.07) is 8.71. The molecule has 2 aliphatic heterocycles. The Balaban J connectivity index is 1.12. The van der Waals surface area contributed by atoms with Gasteiger partial charge in [0.25, 0.3) is 0 Å². The van der Waals surface area contributed by atoms with Crippen LogP contribution in [0.5, 0.6) is 5.88 Å². The van der Waals surface area contributed by atoms with Crippen LogP contribution in [0.1, 0.15) is 122 Å². The molecule has 16 heteroatoms. The third-order valence-corrected chi connectivity index (χ3v) is 10.7. The number of anilines is 1. The van der Waals surface area contributed by atoms with Crippen molar-refractivity contribution in [2.75, 3.05) is 32.2 Å². The van der Waals surface area contributed by atoms with E-state index in [1.54, 1.807) is 37.4 Å². The Morgan fingerprint density at radius 2 is 1.67 bits per heavy atom. The number of nitrogens with two attached hydrogens (primary N) is 1. The van der Waals surface area contributed by atoms with E-state index in [2.05, 4.69) is 28.1 Å². The number of rotatable bonds is 24. The first-order valence-corrected chi connectivity index (χ1v) is 20.8. The predicted octanol–water partition coefficient (Wildman–Crippen LogP) is 7.23. The molecule has 3 N–H and O–H groups in total. The minimum absolute atomic E-state index is 0.0718. The molecule has 0 radical (unpaired) electrons. The minimum atomic E-state index is -4.66. The Bertz CT molecular complexity index is 1720. The Morgan fingerprint density at radius 1 is 0.963 bits per heavy atom. The summed E-state index contributed by atoms with van der Waals surface area (Å²) in [5.74, 6) is -0.474. The van der Waals surface area contributed by atoms with Gasteiger partial charge in [0.05, 0.1) is 37.1 Å². The van der Waals surface area contributed by atoms with Crippen molar-refractivity contribution in [1.82, 2.24) is 19.6 Å². The number of fused-ring (bicyclic) bond motifs is 2. The third-order valence-electron chi connectivity index (χ3n) is 9.76. The van der Waals surface area contributed by atoms with E-state index in [4.69, 9.17) is 38.5 Å². The number of nitrogen functional groups attached to an aromatic ring is 1. The molecule has 0 aliphatic carbocycles. The number of hydrogen-bond acceptors (Lipinski definition) is 13. The van der Waals surface area contributed by atoms with Crippen LogP contribution in [0.2, 0.25) is 0 Å². The normalized spacial score (nSPS) is 23.6. The van der Waals surface area contributed by atoms with Crippen molar-refractivity contribution in [3.8, 4) is 11.9 Å². The second-order valence-electron chi connectivity index (χ2n) is 14.8. The molecule has 5 rings (SSSR count). The van der Waals surface area contributed by atoms with Crippen LogP contribution in [0, 0.1) is 11.3 Å². The van der Waals surface area contributed by atoms with Crippen LogP contribution < -0.4 is 10.5 Å². The van der Waals surface area contributed by atoms with Crippen molar-refractivity contribution in [2.45, 2.75) is 141 Å². The maximum atomic E-state index is 13.3. The van der Waals surface area contributed by atoms with E-state index in [0.29, 0.717) is 29.2 Å². The number of hydrogen-bond donors (Lipinski definition) is 2. The van der Waals surface area contributed by atoms with Gasteiger partial charge in [-0.25, -0.2) is 19.0 Å². The lowest BCUT2D eigenvalue weighted by Crippen LogP contribution is -2.44. The topological polar surface area (TPSA) is 195 Å². The van der Waals surface area contributed by atoms with Gasteiger partial charge in [0.15, 0.2) is 11.6 Å². The molecule has 15 nitrogen and oxygen atoms in total. The number of ether oxygens (including phenoxy) is 5. The smallest absolute Gasteiger partial charge is 0.469 e. The van der Waals surface area contributed by atoms with Crippen molar-refractivity contribution in [1.29, 1.82) is 5.26 Å². The highest BCUT2D eigenvalue weighted by Crippen LogP contribution is 2.52. The van der Waals surface area contributed by atoms with E-state index in [1.165, 1.54) is 76.4 Å². The van der Waals surface area contributed by atoms with Crippen molar-refractivity contribution in [3.05, 3.63) is 48.0 Å². The second-order valence-corrected chi connectivity index (χ2v) is 16.3. The SMILES string of the molecule is CCCCCCCCCCCCCCOC[C@H](COP(=O)(O)OC[C@@]1(C)O[C@@H](c2ccc3c(N)ncnn23)[C@@H]2OC(C)(C)O[C@@H]21)Oc1cc(C#N)ccn1. The molecule has 2 aliphatic rings. The van der Waals surface area contributed by atoms with Crippen molar-refractivity contribution >= 4 is 19.2 Å². The summed E-state index contributed by atoms with van der Waals surface area (Å²) in [4.78, 5) is 19.1. The molecule has 298 valence electrons. The molecule has 3 aromatic heterocycles. The summed E-state index contributed by atoms with van der Waals surface area (Å²) in [6.07, 6.45) is 15.0. The fourth-order valence-corrected chi connectivity index (χ4v) is 7.80. The summed E-state index contributed by atoms with van der Waals surface area (Å²) < 4.78 is 56.8. The van der Waals surface area contributed by atoms with Crippen LogP contribution in [0.15, 0.2) is 36.8 Å². The lowest BCUT2D eigenvalue weighted by Gasteiger charge is -2.31. The molecule has 5 heterocycles. The molecular formula is C38H57N6O9P. The van der Waals surface area contributed by atoms with Crippen LogP contribution in [0.4, 0.5) is 5.82 Å². The number of aromatic nitrogens is 4. The molecular weight excluding hydrogens is 715 g/mol. The number of nitriles is 1. The van der Waals surface area contributed by atoms with Crippen molar-refractivity contribution in [3.63, 3.8) is 0 Å². The predicted molar refractivity (Wildman–Crippen MR) is 200 cm³/mol. The van der Waals surface area contributed by atoms with Crippen LogP contribution >= 0.6 is 7.82 Å². The number of phosphoric ester groups is 1. The molecule has 2 fully saturated rings. The van der Waals surface area contributed by atoms with Gasteiger partial charge in [0.1, 0.15) is 41.9 Å². The third kappa shape index (κ3) is 11.7. The highest BCUT2D eigenvalue weighted by atomic mass is 31.2.